The number of sulfone groups is 1. The largest absolute Gasteiger partial charge is 0.494 e. The summed E-state index contributed by atoms with van der Waals surface area (Å²) in [4.78, 5) is 12.4. The molecule has 3 aromatic rings. The molecule has 0 radical (unpaired) electrons. The molecule has 1 amide bonds. The van der Waals surface area contributed by atoms with Crippen molar-refractivity contribution in [3.63, 3.8) is 0 Å². The summed E-state index contributed by atoms with van der Waals surface area (Å²) in [6, 6.07) is 23.7. The van der Waals surface area contributed by atoms with E-state index in [0.29, 0.717) is 29.2 Å². The quantitative estimate of drug-likeness (QED) is 0.495. The molecule has 1 N–H and O–H groups in total. The van der Waals surface area contributed by atoms with Crippen LogP contribution in [-0.4, -0.2) is 27.2 Å². The highest BCUT2D eigenvalue weighted by molar-refractivity contribution is 7.90. The molecule has 5 nitrogen and oxygen atoms in total. The van der Waals surface area contributed by atoms with Gasteiger partial charge in [0.1, 0.15) is 5.75 Å². The number of benzene rings is 3. The summed E-state index contributed by atoms with van der Waals surface area (Å²) in [5.74, 6) is 0.776. The number of hydrogen-bond donors (Lipinski definition) is 1. The van der Waals surface area contributed by atoms with E-state index in [2.05, 4.69) is 5.32 Å². The first-order valence-corrected chi connectivity index (χ1v) is 11.7. The van der Waals surface area contributed by atoms with Crippen molar-refractivity contribution in [2.24, 2.45) is 0 Å². The number of ether oxygens (including phenoxy) is 1. The zero-order valence-corrected chi connectivity index (χ0v) is 17.7. The molecule has 3 aromatic carbocycles. The normalized spacial score (nSPS) is 11.1. The molecule has 0 aliphatic heterocycles. The second-order valence-corrected chi connectivity index (χ2v) is 9.00. The fourth-order valence-electron chi connectivity index (χ4n) is 3.08. The Morgan fingerprint density at radius 2 is 1.53 bits per heavy atom. The topological polar surface area (TPSA) is 72.5 Å². The maximum atomic E-state index is 12.2. The van der Waals surface area contributed by atoms with Crippen LogP contribution in [0.2, 0.25) is 0 Å². The van der Waals surface area contributed by atoms with Gasteiger partial charge in [0.2, 0.25) is 5.91 Å². The number of hydrogen-bond acceptors (Lipinski definition) is 4. The van der Waals surface area contributed by atoms with Gasteiger partial charge in [0.25, 0.3) is 0 Å². The van der Waals surface area contributed by atoms with Crippen LogP contribution in [-0.2, 0) is 14.6 Å². The summed E-state index contributed by atoms with van der Waals surface area (Å²) in [6.45, 7) is 0.575. The number of unbranched alkanes of at least 4 members (excludes halogenated alkanes) is 1. The molecular weight excluding hydrogens is 398 g/mol. The zero-order chi connectivity index (χ0) is 21.4. The van der Waals surface area contributed by atoms with E-state index < -0.39 is 9.84 Å². The summed E-state index contributed by atoms with van der Waals surface area (Å²) < 4.78 is 29.6. The maximum absolute atomic E-state index is 12.2. The van der Waals surface area contributed by atoms with Crippen LogP contribution >= 0.6 is 0 Å². The highest BCUT2D eigenvalue weighted by Gasteiger charge is 2.13. The molecular formula is C24H25NO4S. The van der Waals surface area contributed by atoms with Crippen molar-refractivity contribution in [1.82, 2.24) is 0 Å². The molecule has 0 saturated heterocycles. The van der Waals surface area contributed by atoms with E-state index in [1.54, 1.807) is 36.4 Å². The van der Waals surface area contributed by atoms with Crippen molar-refractivity contribution >= 4 is 21.4 Å². The van der Waals surface area contributed by atoms with E-state index in [9.17, 15) is 13.2 Å². The molecule has 0 aliphatic carbocycles. The van der Waals surface area contributed by atoms with Crippen LogP contribution in [0.15, 0.2) is 83.8 Å². The molecule has 0 saturated carbocycles. The van der Waals surface area contributed by atoms with Gasteiger partial charge in [0, 0.05) is 23.9 Å². The minimum absolute atomic E-state index is 0.0565. The zero-order valence-electron chi connectivity index (χ0n) is 16.9. The van der Waals surface area contributed by atoms with Crippen molar-refractivity contribution in [2.75, 3.05) is 18.2 Å². The lowest BCUT2D eigenvalue weighted by atomic mass is 10.1. The monoisotopic (exact) mass is 423 g/mol. The minimum atomic E-state index is -3.32. The van der Waals surface area contributed by atoms with Crippen LogP contribution < -0.4 is 10.1 Å². The molecule has 156 valence electrons. The molecule has 6 heteroatoms. The third-order valence-corrected chi connectivity index (χ3v) is 5.73. The number of anilines is 1. The van der Waals surface area contributed by atoms with Gasteiger partial charge in [0.15, 0.2) is 9.84 Å². The number of para-hydroxylation sites is 1. The molecule has 0 bridgehead atoms. The van der Waals surface area contributed by atoms with E-state index in [4.69, 9.17) is 4.74 Å². The number of amides is 1. The van der Waals surface area contributed by atoms with E-state index in [0.717, 1.165) is 24.2 Å². The highest BCUT2D eigenvalue weighted by atomic mass is 32.2. The van der Waals surface area contributed by atoms with Gasteiger partial charge in [0.05, 0.1) is 11.5 Å². The molecule has 0 aliphatic rings. The lowest BCUT2D eigenvalue weighted by molar-refractivity contribution is -0.116. The van der Waals surface area contributed by atoms with Crippen LogP contribution in [0, 0.1) is 0 Å². The Hall–Kier alpha value is -3.12. The molecule has 0 unspecified atom stereocenters. The smallest absolute Gasteiger partial charge is 0.224 e. The predicted molar refractivity (Wildman–Crippen MR) is 119 cm³/mol. The number of rotatable bonds is 9. The maximum Gasteiger partial charge on any atom is 0.224 e. The highest BCUT2D eigenvalue weighted by Crippen LogP contribution is 2.28. The Labute approximate surface area is 177 Å². The third-order valence-electron chi connectivity index (χ3n) is 4.58. The van der Waals surface area contributed by atoms with Gasteiger partial charge < -0.3 is 10.1 Å². The number of carbonyl (C=O) groups excluding carboxylic acids is 1. The molecule has 0 spiro atoms. The number of carbonyl (C=O) groups is 1. The van der Waals surface area contributed by atoms with Gasteiger partial charge in [-0.25, -0.2) is 8.42 Å². The van der Waals surface area contributed by atoms with Crippen LogP contribution in [0.3, 0.4) is 0 Å². The van der Waals surface area contributed by atoms with Gasteiger partial charge in [-0.2, -0.15) is 0 Å². The van der Waals surface area contributed by atoms with Crippen LogP contribution in [0.5, 0.6) is 5.75 Å². The van der Waals surface area contributed by atoms with Crippen molar-refractivity contribution in [2.45, 2.75) is 24.2 Å². The van der Waals surface area contributed by atoms with E-state index in [1.807, 2.05) is 42.5 Å². The Bertz CT molecular complexity index is 1080. The van der Waals surface area contributed by atoms with Crippen LogP contribution in [0.4, 0.5) is 5.69 Å². The lowest BCUT2D eigenvalue weighted by Gasteiger charge is -2.10. The summed E-state index contributed by atoms with van der Waals surface area (Å²) >= 11 is 0. The third kappa shape index (κ3) is 6.19. The first kappa shape index (κ1) is 21.6. The molecule has 0 aromatic heterocycles. The van der Waals surface area contributed by atoms with Gasteiger partial charge >= 0.3 is 0 Å². The van der Waals surface area contributed by atoms with Gasteiger partial charge in [-0.1, -0.05) is 48.5 Å². The second-order valence-electron chi connectivity index (χ2n) is 7.01. The summed E-state index contributed by atoms with van der Waals surface area (Å²) in [7, 11) is -3.32. The first-order valence-electron chi connectivity index (χ1n) is 9.81. The average molecular weight is 424 g/mol. The molecule has 0 atom stereocenters. The van der Waals surface area contributed by atoms with E-state index in [-0.39, 0.29) is 5.91 Å². The molecule has 3 rings (SSSR count). The van der Waals surface area contributed by atoms with Crippen LogP contribution in [0.25, 0.3) is 11.1 Å². The van der Waals surface area contributed by atoms with Gasteiger partial charge in [-0.3, -0.25) is 4.79 Å². The minimum Gasteiger partial charge on any atom is -0.494 e. The molecule has 30 heavy (non-hydrogen) atoms. The average Bonchev–Trinajstić information content (AvgIpc) is 2.74. The van der Waals surface area contributed by atoms with Gasteiger partial charge in [-0.15, -0.1) is 0 Å². The SMILES string of the molecule is CS(=O)(=O)c1ccccc1-c1ccc(NC(=O)CCCCOc2ccccc2)cc1. The fraction of sp³-hybridized carbons (Fsp3) is 0.208. The lowest BCUT2D eigenvalue weighted by Crippen LogP contribution is -2.11. The number of nitrogens with one attached hydrogen (secondary N) is 1. The van der Waals surface area contributed by atoms with Crippen molar-refractivity contribution in [3.8, 4) is 16.9 Å². The van der Waals surface area contributed by atoms with Crippen molar-refractivity contribution in [3.05, 3.63) is 78.9 Å². The Kier molecular flexibility index (Phi) is 7.25. The van der Waals surface area contributed by atoms with Crippen molar-refractivity contribution in [1.29, 1.82) is 0 Å². The Balaban J connectivity index is 1.49. The molecule has 0 heterocycles. The standard InChI is InChI=1S/C24H25NO4S/c1-30(27,28)23-12-6-5-11-22(23)19-14-16-20(17-15-19)25-24(26)13-7-8-18-29-21-9-3-2-4-10-21/h2-6,9-12,14-17H,7-8,13,18H2,1H3,(H,25,26). The van der Waals surface area contributed by atoms with Gasteiger partial charge in [-0.05, 0) is 48.7 Å². The summed E-state index contributed by atoms with van der Waals surface area (Å²) in [5, 5.41) is 2.88. The first-order chi connectivity index (χ1) is 14.4. The predicted octanol–water partition coefficient (Wildman–Crippen LogP) is 4.94. The van der Waals surface area contributed by atoms with E-state index >= 15 is 0 Å². The Morgan fingerprint density at radius 3 is 2.23 bits per heavy atom. The van der Waals surface area contributed by atoms with Crippen molar-refractivity contribution < 1.29 is 17.9 Å². The molecule has 0 fully saturated rings. The Morgan fingerprint density at radius 1 is 0.867 bits per heavy atom. The fourth-order valence-corrected chi connectivity index (χ4v) is 3.99. The summed E-state index contributed by atoms with van der Waals surface area (Å²) in [5.41, 5.74) is 2.12. The van der Waals surface area contributed by atoms with E-state index in [1.165, 1.54) is 6.26 Å². The summed E-state index contributed by atoms with van der Waals surface area (Å²) in [6.07, 6.45) is 3.14. The van der Waals surface area contributed by atoms with Crippen LogP contribution in [0.1, 0.15) is 19.3 Å². The second kappa shape index (κ2) is 10.1.